The number of carbonyl (C=O) groups excluding carboxylic acids is 1. The molecule has 0 aliphatic carbocycles. The van der Waals surface area contributed by atoms with Crippen molar-refractivity contribution in [2.45, 2.75) is 37.9 Å². The number of hydrogen-bond acceptors (Lipinski definition) is 5. The predicted molar refractivity (Wildman–Crippen MR) is 87.4 cm³/mol. The minimum absolute atomic E-state index is 0.0217. The molecule has 2 aromatic rings. The van der Waals surface area contributed by atoms with Crippen molar-refractivity contribution in [2.24, 2.45) is 0 Å². The SMILES string of the molecule is CCC[C@H](C)NC(=O)CSc1nnnn1-c1cccc(Cl)c1. The molecule has 0 bridgehead atoms. The molecular weight excluding hydrogens is 322 g/mol. The van der Waals surface area contributed by atoms with Crippen LogP contribution >= 0.6 is 23.4 Å². The maximum absolute atomic E-state index is 11.9. The van der Waals surface area contributed by atoms with E-state index in [-0.39, 0.29) is 17.7 Å². The molecule has 0 saturated heterocycles. The van der Waals surface area contributed by atoms with Crippen LogP contribution in [-0.4, -0.2) is 37.9 Å². The molecular formula is C14H18ClN5OS. The van der Waals surface area contributed by atoms with Gasteiger partial charge in [-0.1, -0.05) is 42.8 Å². The Kier molecular flexibility index (Phi) is 6.21. The fourth-order valence-electron chi connectivity index (χ4n) is 1.99. The lowest BCUT2D eigenvalue weighted by molar-refractivity contribution is -0.119. The van der Waals surface area contributed by atoms with Crippen LogP contribution in [0, 0.1) is 0 Å². The fourth-order valence-corrected chi connectivity index (χ4v) is 2.88. The Labute approximate surface area is 138 Å². The summed E-state index contributed by atoms with van der Waals surface area (Å²) in [5, 5.41) is 15.7. The molecule has 0 spiro atoms. The standard InChI is InChI=1S/C14H18ClN5OS/c1-3-5-10(2)16-13(21)9-22-14-17-18-19-20(14)12-7-4-6-11(15)8-12/h4,6-8,10H,3,5,9H2,1-2H3,(H,16,21)/t10-/m0/s1. The summed E-state index contributed by atoms with van der Waals surface area (Å²) in [4.78, 5) is 11.9. The molecule has 118 valence electrons. The average molecular weight is 340 g/mol. The van der Waals surface area contributed by atoms with Gasteiger partial charge < -0.3 is 5.32 Å². The van der Waals surface area contributed by atoms with E-state index in [1.165, 1.54) is 11.8 Å². The Hall–Kier alpha value is -1.60. The van der Waals surface area contributed by atoms with Crippen molar-refractivity contribution in [3.8, 4) is 5.69 Å². The zero-order chi connectivity index (χ0) is 15.9. The largest absolute Gasteiger partial charge is 0.353 e. The van der Waals surface area contributed by atoms with E-state index >= 15 is 0 Å². The molecule has 1 heterocycles. The van der Waals surface area contributed by atoms with Crippen molar-refractivity contribution in [3.63, 3.8) is 0 Å². The monoisotopic (exact) mass is 339 g/mol. The molecule has 0 aliphatic rings. The van der Waals surface area contributed by atoms with Gasteiger partial charge in [-0.2, -0.15) is 4.68 Å². The molecule has 0 radical (unpaired) electrons. The van der Waals surface area contributed by atoms with Gasteiger partial charge in [-0.05, 0) is 42.0 Å². The quantitative estimate of drug-likeness (QED) is 0.785. The Balaban J connectivity index is 1.97. The molecule has 0 fully saturated rings. The van der Waals surface area contributed by atoms with Crippen LogP contribution in [0.5, 0.6) is 0 Å². The maximum Gasteiger partial charge on any atom is 0.230 e. The summed E-state index contributed by atoms with van der Waals surface area (Å²) >= 11 is 7.27. The summed E-state index contributed by atoms with van der Waals surface area (Å²) in [5.74, 6) is 0.251. The Morgan fingerprint density at radius 2 is 2.32 bits per heavy atom. The fraction of sp³-hybridized carbons (Fsp3) is 0.429. The van der Waals surface area contributed by atoms with Gasteiger partial charge in [0.2, 0.25) is 11.1 Å². The predicted octanol–water partition coefficient (Wildman–Crippen LogP) is 2.71. The zero-order valence-electron chi connectivity index (χ0n) is 12.5. The van der Waals surface area contributed by atoms with Gasteiger partial charge in [0.25, 0.3) is 0 Å². The summed E-state index contributed by atoms with van der Waals surface area (Å²) in [6, 6.07) is 7.42. The van der Waals surface area contributed by atoms with Gasteiger partial charge in [-0.3, -0.25) is 4.79 Å². The van der Waals surface area contributed by atoms with E-state index in [1.807, 2.05) is 19.1 Å². The number of hydrogen-bond donors (Lipinski definition) is 1. The van der Waals surface area contributed by atoms with E-state index in [2.05, 4.69) is 27.8 Å². The van der Waals surface area contributed by atoms with Crippen molar-refractivity contribution in [2.75, 3.05) is 5.75 Å². The third kappa shape index (κ3) is 4.71. The number of thioether (sulfide) groups is 1. The molecule has 22 heavy (non-hydrogen) atoms. The number of halogens is 1. The van der Waals surface area contributed by atoms with Crippen LogP contribution in [0.25, 0.3) is 5.69 Å². The van der Waals surface area contributed by atoms with Crippen LogP contribution in [0.1, 0.15) is 26.7 Å². The molecule has 0 unspecified atom stereocenters. The number of benzene rings is 1. The van der Waals surface area contributed by atoms with Crippen molar-refractivity contribution in [1.29, 1.82) is 0 Å². The highest BCUT2D eigenvalue weighted by molar-refractivity contribution is 7.99. The first-order chi connectivity index (χ1) is 10.6. The van der Waals surface area contributed by atoms with E-state index < -0.39 is 0 Å². The smallest absolute Gasteiger partial charge is 0.230 e. The Bertz CT molecular complexity index is 633. The number of rotatable bonds is 7. The second-order valence-corrected chi connectivity index (χ2v) is 6.28. The lowest BCUT2D eigenvalue weighted by Crippen LogP contribution is -2.33. The van der Waals surface area contributed by atoms with Crippen molar-refractivity contribution in [3.05, 3.63) is 29.3 Å². The van der Waals surface area contributed by atoms with E-state index in [0.29, 0.717) is 10.2 Å². The highest BCUT2D eigenvalue weighted by Gasteiger charge is 2.13. The summed E-state index contributed by atoms with van der Waals surface area (Å²) in [6.07, 6.45) is 2.01. The maximum atomic E-state index is 11.9. The second kappa shape index (κ2) is 8.14. The first-order valence-corrected chi connectivity index (χ1v) is 8.43. The summed E-state index contributed by atoms with van der Waals surface area (Å²) < 4.78 is 1.57. The Morgan fingerprint density at radius 3 is 3.05 bits per heavy atom. The summed E-state index contributed by atoms with van der Waals surface area (Å²) in [5.41, 5.74) is 0.764. The van der Waals surface area contributed by atoms with E-state index in [4.69, 9.17) is 11.6 Å². The molecule has 0 aliphatic heterocycles. The van der Waals surface area contributed by atoms with Gasteiger partial charge >= 0.3 is 0 Å². The zero-order valence-corrected chi connectivity index (χ0v) is 14.1. The van der Waals surface area contributed by atoms with Crippen molar-refractivity contribution >= 4 is 29.3 Å². The number of amides is 1. The van der Waals surface area contributed by atoms with Crippen LogP contribution < -0.4 is 5.32 Å². The molecule has 1 amide bonds. The molecule has 0 saturated carbocycles. The van der Waals surface area contributed by atoms with Crippen LogP contribution in [0.3, 0.4) is 0 Å². The van der Waals surface area contributed by atoms with Crippen LogP contribution in [0.2, 0.25) is 5.02 Å². The van der Waals surface area contributed by atoms with Gasteiger partial charge in [0, 0.05) is 11.1 Å². The van der Waals surface area contributed by atoms with Crippen molar-refractivity contribution in [1.82, 2.24) is 25.5 Å². The van der Waals surface area contributed by atoms with Gasteiger partial charge in [-0.15, -0.1) is 5.10 Å². The van der Waals surface area contributed by atoms with Crippen LogP contribution in [0.4, 0.5) is 0 Å². The third-order valence-corrected chi connectivity index (χ3v) is 4.11. The van der Waals surface area contributed by atoms with Gasteiger partial charge in [0.15, 0.2) is 0 Å². The normalized spacial score (nSPS) is 12.1. The molecule has 1 N–H and O–H groups in total. The molecule has 1 atom stereocenters. The van der Waals surface area contributed by atoms with Gasteiger partial charge in [-0.25, -0.2) is 0 Å². The van der Waals surface area contributed by atoms with E-state index in [0.717, 1.165) is 18.5 Å². The minimum Gasteiger partial charge on any atom is -0.353 e. The molecule has 6 nitrogen and oxygen atoms in total. The van der Waals surface area contributed by atoms with Crippen LogP contribution in [-0.2, 0) is 4.79 Å². The van der Waals surface area contributed by atoms with Gasteiger partial charge in [0.1, 0.15) is 0 Å². The van der Waals surface area contributed by atoms with Gasteiger partial charge in [0.05, 0.1) is 11.4 Å². The lowest BCUT2D eigenvalue weighted by atomic mass is 10.2. The molecule has 1 aromatic carbocycles. The molecule has 2 rings (SSSR count). The lowest BCUT2D eigenvalue weighted by Gasteiger charge is -2.12. The topological polar surface area (TPSA) is 72.7 Å². The third-order valence-electron chi connectivity index (χ3n) is 2.96. The number of nitrogens with zero attached hydrogens (tertiary/aromatic N) is 4. The first kappa shape index (κ1) is 16.8. The number of aromatic nitrogens is 4. The summed E-state index contributed by atoms with van der Waals surface area (Å²) in [6.45, 7) is 4.10. The minimum atomic E-state index is -0.0217. The number of nitrogens with one attached hydrogen (secondary N) is 1. The highest BCUT2D eigenvalue weighted by Crippen LogP contribution is 2.20. The highest BCUT2D eigenvalue weighted by atomic mass is 35.5. The second-order valence-electron chi connectivity index (χ2n) is 4.90. The average Bonchev–Trinajstić information content (AvgIpc) is 2.93. The van der Waals surface area contributed by atoms with E-state index in [1.54, 1.807) is 16.8 Å². The first-order valence-electron chi connectivity index (χ1n) is 7.06. The summed E-state index contributed by atoms with van der Waals surface area (Å²) in [7, 11) is 0. The molecule has 8 heteroatoms. The molecule has 1 aromatic heterocycles. The van der Waals surface area contributed by atoms with Crippen LogP contribution in [0.15, 0.2) is 29.4 Å². The van der Waals surface area contributed by atoms with E-state index in [9.17, 15) is 4.79 Å². The number of tetrazole rings is 1. The van der Waals surface area contributed by atoms with Crippen molar-refractivity contribution < 1.29 is 4.79 Å². The Morgan fingerprint density at radius 1 is 1.50 bits per heavy atom. The number of carbonyl (C=O) groups is 1.